The van der Waals surface area contributed by atoms with Crippen molar-refractivity contribution in [3.8, 4) is 22.8 Å². The Kier molecular flexibility index (Phi) is 4.55. The normalized spacial score (nSPS) is 12.7. The van der Waals surface area contributed by atoms with Crippen LogP contribution in [0.25, 0.3) is 22.2 Å². The van der Waals surface area contributed by atoms with Gasteiger partial charge in [-0.3, -0.25) is 9.48 Å². The molecule has 30 heavy (non-hydrogen) atoms. The van der Waals surface area contributed by atoms with Gasteiger partial charge >= 0.3 is 0 Å². The molecule has 7 heteroatoms. The number of amides is 1. The van der Waals surface area contributed by atoms with Crippen LogP contribution in [0.4, 0.5) is 0 Å². The van der Waals surface area contributed by atoms with Crippen LogP contribution in [0.1, 0.15) is 15.9 Å². The third-order valence-corrected chi connectivity index (χ3v) is 5.01. The molecule has 0 saturated carbocycles. The van der Waals surface area contributed by atoms with Gasteiger partial charge in [0.25, 0.3) is 5.91 Å². The number of ether oxygens (including phenoxy) is 2. The van der Waals surface area contributed by atoms with Gasteiger partial charge in [-0.15, -0.1) is 0 Å². The standard InChI is InChI=1S/C23H20N4O3/c1-27-14-15(13-25-27)12-24-23(28)18-11-20(26-19-5-3-2-4-17(18)19)16-6-7-21-22(10-16)30-9-8-29-21/h2-7,10-11,13-14H,8-9,12H2,1H3,(H,24,28). The van der Waals surface area contributed by atoms with E-state index >= 15 is 0 Å². The number of benzene rings is 2. The highest BCUT2D eigenvalue weighted by Gasteiger charge is 2.17. The second kappa shape index (κ2) is 7.51. The van der Waals surface area contributed by atoms with E-state index < -0.39 is 0 Å². The number of hydrogen-bond donors (Lipinski definition) is 1. The van der Waals surface area contributed by atoms with E-state index in [0.29, 0.717) is 36.8 Å². The molecule has 0 spiro atoms. The summed E-state index contributed by atoms with van der Waals surface area (Å²) in [7, 11) is 1.85. The van der Waals surface area contributed by atoms with Gasteiger partial charge < -0.3 is 14.8 Å². The number of rotatable bonds is 4. The Morgan fingerprint density at radius 1 is 1.10 bits per heavy atom. The summed E-state index contributed by atoms with van der Waals surface area (Å²) in [6.45, 7) is 1.47. The minimum Gasteiger partial charge on any atom is -0.486 e. The molecule has 150 valence electrons. The highest BCUT2D eigenvalue weighted by atomic mass is 16.6. The summed E-state index contributed by atoms with van der Waals surface area (Å²) < 4.78 is 13.0. The lowest BCUT2D eigenvalue weighted by Crippen LogP contribution is -2.23. The van der Waals surface area contributed by atoms with Gasteiger partial charge in [-0.05, 0) is 30.3 Å². The molecule has 1 aliphatic heterocycles. The number of carbonyl (C=O) groups is 1. The van der Waals surface area contributed by atoms with E-state index in [1.165, 1.54) is 0 Å². The Bertz CT molecular complexity index is 1250. The molecule has 0 aliphatic carbocycles. The monoisotopic (exact) mass is 400 g/mol. The van der Waals surface area contributed by atoms with E-state index in [4.69, 9.17) is 14.5 Å². The molecule has 0 saturated heterocycles. The Balaban J connectivity index is 1.52. The molecule has 1 N–H and O–H groups in total. The van der Waals surface area contributed by atoms with E-state index in [1.54, 1.807) is 10.9 Å². The van der Waals surface area contributed by atoms with Crippen molar-refractivity contribution < 1.29 is 14.3 Å². The Hall–Kier alpha value is -3.87. The van der Waals surface area contributed by atoms with Gasteiger partial charge in [-0.25, -0.2) is 4.98 Å². The van der Waals surface area contributed by atoms with E-state index in [-0.39, 0.29) is 5.91 Å². The van der Waals surface area contributed by atoms with Gasteiger partial charge in [0.15, 0.2) is 11.5 Å². The summed E-state index contributed by atoms with van der Waals surface area (Å²) in [4.78, 5) is 17.8. The molecule has 2 aromatic heterocycles. The van der Waals surface area contributed by atoms with Crippen molar-refractivity contribution in [3.63, 3.8) is 0 Å². The van der Waals surface area contributed by atoms with Crippen molar-refractivity contribution in [2.45, 2.75) is 6.54 Å². The van der Waals surface area contributed by atoms with Crippen LogP contribution in [0.2, 0.25) is 0 Å². The van der Waals surface area contributed by atoms with Crippen LogP contribution in [0.15, 0.2) is 60.9 Å². The topological polar surface area (TPSA) is 78.3 Å². The Morgan fingerprint density at radius 2 is 1.93 bits per heavy atom. The second-order valence-corrected chi connectivity index (χ2v) is 7.14. The molecule has 2 aromatic carbocycles. The molecule has 5 rings (SSSR count). The van der Waals surface area contributed by atoms with Gasteiger partial charge in [0.1, 0.15) is 13.2 Å². The minimum atomic E-state index is -0.156. The Morgan fingerprint density at radius 3 is 2.77 bits per heavy atom. The summed E-state index contributed by atoms with van der Waals surface area (Å²) in [6.07, 6.45) is 3.62. The molecular weight excluding hydrogens is 380 g/mol. The summed E-state index contributed by atoms with van der Waals surface area (Å²) in [5.41, 5.74) is 3.85. The van der Waals surface area contributed by atoms with Crippen LogP contribution < -0.4 is 14.8 Å². The number of para-hydroxylation sites is 1. The molecular formula is C23H20N4O3. The molecule has 0 unspecified atom stereocenters. The SMILES string of the molecule is Cn1cc(CNC(=O)c2cc(-c3ccc4c(c3)OCCO4)nc3ccccc23)cn1. The molecule has 0 fully saturated rings. The number of hydrogen-bond acceptors (Lipinski definition) is 5. The number of nitrogens with zero attached hydrogens (tertiary/aromatic N) is 3. The zero-order chi connectivity index (χ0) is 20.5. The fraction of sp³-hybridized carbons (Fsp3) is 0.174. The van der Waals surface area contributed by atoms with E-state index in [1.807, 2.05) is 61.8 Å². The minimum absolute atomic E-state index is 0.156. The third-order valence-electron chi connectivity index (χ3n) is 5.01. The quantitative estimate of drug-likeness (QED) is 0.569. The van der Waals surface area contributed by atoms with Crippen LogP contribution >= 0.6 is 0 Å². The van der Waals surface area contributed by atoms with E-state index in [0.717, 1.165) is 27.8 Å². The molecule has 3 heterocycles. The molecule has 4 aromatic rings. The number of aryl methyl sites for hydroxylation is 1. The highest BCUT2D eigenvalue weighted by Crippen LogP contribution is 2.35. The predicted octanol–water partition coefficient (Wildman–Crippen LogP) is 3.34. The van der Waals surface area contributed by atoms with Crippen molar-refractivity contribution in [1.82, 2.24) is 20.1 Å². The first kappa shape index (κ1) is 18.2. The maximum absolute atomic E-state index is 13.0. The molecule has 7 nitrogen and oxygen atoms in total. The first-order chi connectivity index (χ1) is 14.7. The summed E-state index contributed by atoms with van der Waals surface area (Å²) in [5, 5.41) is 7.93. The summed E-state index contributed by atoms with van der Waals surface area (Å²) >= 11 is 0. The third kappa shape index (κ3) is 3.45. The van der Waals surface area contributed by atoms with Crippen molar-refractivity contribution in [2.75, 3.05) is 13.2 Å². The zero-order valence-corrected chi connectivity index (χ0v) is 16.5. The number of fused-ring (bicyclic) bond motifs is 2. The van der Waals surface area contributed by atoms with Crippen LogP contribution in [-0.2, 0) is 13.6 Å². The number of nitrogens with one attached hydrogen (secondary N) is 1. The van der Waals surface area contributed by atoms with Gasteiger partial charge in [0.05, 0.1) is 23.0 Å². The average Bonchev–Trinajstić information content (AvgIpc) is 3.21. The van der Waals surface area contributed by atoms with Crippen LogP contribution in [0.3, 0.4) is 0 Å². The maximum Gasteiger partial charge on any atom is 0.252 e. The molecule has 0 atom stereocenters. The van der Waals surface area contributed by atoms with Crippen LogP contribution in [0, 0.1) is 0 Å². The number of aromatic nitrogens is 3. The van der Waals surface area contributed by atoms with Gasteiger partial charge in [0, 0.05) is 36.3 Å². The lowest BCUT2D eigenvalue weighted by molar-refractivity contribution is 0.0952. The molecule has 0 radical (unpaired) electrons. The lowest BCUT2D eigenvalue weighted by atomic mass is 10.0. The van der Waals surface area contributed by atoms with Crippen molar-refractivity contribution in [3.05, 3.63) is 72.1 Å². The van der Waals surface area contributed by atoms with Gasteiger partial charge in [-0.2, -0.15) is 5.10 Å². The lowest BCUT2D eigenvalue weighted by Gasteiger charge is -2.19. The van der Waals surface area contributed by atoms with Gasteiger partial charge in [0.2, 0.25) is 0 Å². The summed E-state index contributed by atoms with van der Waals surface area (Å²) in [6, 6.07) is 15.2. The largest absolute Gasteiger partial charge is 0.486 e. The molecule has 0 bridgehead atoms. The molecule has 1 aliphatic rings. The number of carbonyl (C=O) groups excluding carboxylic acids is 1. The first-order valence-corrected chi connectivity index (χ1v) is 9.73. The van der Waals surface area contributed by atoms with Crippen LogP contribution in [0.5, 0.6) is 11.5 Å². The first-order valence-electron chi connectivity index (χ1n) is 9.73. The predicted molar refractivity (Wildman–Crippen MR) is 113 cm³/mol. The van der Waals surface area contributed by atoms with E-state index in [9.17, 15) is 4.79 Å². The smallest absolute Gasteiger partial charge is 0.252 e. The maximum atomic E-state index is 13.0. The Labute approximate surface area is 173 Å². The summed E-state index contributed by atoms with van der Waals surface area (Å²) in [5.74, 6) is 1.26. The molecule has 1 amide bonds. The van der Waals surface area contributed by atoms with Crippen molar-refractivity contribution in [2.24, 2.45) is 7.05 Å². The van der Waals surface area contributed by atoms with Crippen molar-refractivity contribution >= 4 is 16.8 Å². The highest BCUT2D eigenvalue weighted by molar-refractivity contribution is 6.07. The second-order valence-electron chi connectivity index (χ2n) is 7.14. The van der Waals surface area contributed by atoms with E-state index in [2.05, 4.69) is 10.4 Å². The number of pyridine rings is 1. The van der Waals surface area contributed by atoms with Gasteiger partial charge in [-0.1, -0.05) is 18.2 Å². The van der Waals surface area contributed by atoms with Crippen molar-refractivity contribution in [1.29, 1.82) is 0 Å². The average molecular weight is 400 g/mol. The zero-order valence-electron chi connectivity index (χ0n) is 16.5. The van der Waals surface area contributed by atoms with Crippen LogP contribution in [-0.4, -0.2) is 33.9 Å². The fourth-order valence-electron chi connectivity index (χ4n) is 3.55. The fourth-order valence-corrected chi connectivity index (χ4v) is 3.55.